The summed E-state index contributed by atoms with van der Waals surface area (Å²) in [7, 11) is 0. The molecule has 4 heteroatoms. The first-order valence-electron chi connectivity index (χ1n) is 7.47. The zero-order valence-electron chi connectivity index (χ0n) is 12.8. The van der Waals surface area contributed by atoms with Gasteiger partial charge >= 0.3 is 0 Å². The number of rotatable bonds is 9. The Morgan fingerprint density at radius 3 is 2.70 bits per heavy atom. The fourth-order valence-corrected chi connectivity index (χ4v) is 2.52. The molecule has 0 aliphatic rings. The van der Waals surface area contributed by atoms with E-state index in [0.29, 0.717) is 6.04 Å². The van der Waals surface area contributed by atoms with Crippen molar-refractivity contribution < 1.29 is 5.11 Å². The van der Waals surface area contributed by atoms with Crippen molar-refractivity contribution in [1.82, 2.24) is 5.32 Å². The molecule has 2 N–H and O–H groups in total. The monoisotopic (exact) mass is 298 g/mol. The Morgan fingerprint density at radius 1 is 1.35 bits per heavy atom. The lowest BCUT2D eigenvalue weighted by Crippen LogP contribution is -2.33. The normalized spacial score (nSPS) is 11.1. The summed E-state index contributed by atoms with van der Waals surface area (Å²) in [6.45, 7) is 9.32. The molecule has 0 unspecified atom stereocenters. The Balaban J connectivity index is 2.97. The van der Waals surface area contributed by atoms with Gasteiger partial charge in [0.05, 0.1) is 0 Å². The molecule has 0 bridgehead atoms. The standard InChI is InChI=1S/C16H27ClN2O/c1-4-9-18-12-14-15(17)7-5-8-16(14)19(13(2)3)10-6-11-20/h5,7-8,13,18,20H,4,6,9-12H2,1-3H3. The SMILES string of the molecule is CCCNCc1c(Cl)cccc1N(CCCO)C(C)C. The van der Waals surface area contributed by atoms with Gasteiger partial charge < -0.3 is 15.3 Å². The quantitative estimate of drug-likeness (QED) is 0.686. The number of anilines is 1. The minimum absolute atomic E-state index is 0.215. The molecule has 114 valence electrons. The van der Waals surface area contributed by atoms with Gasteiger partial charge in [0.1, 0.15) is 0 Å². The Labute approximate surface area is 127 Å². The lowest BCUT2D eigenvalue weighted by Gasteiger charge is -2.31. The highest BCUT2D eigenvalue weighted by Crippen LogP contribution is 2.29. The van der Waals surface area contributed by atoms with E-state index in [1.165, 1.54) is 5.69 Å². The van der Waals surface area contributed by atoms with Crippen LogP contribution in [0.4, 0.5) is 5.69 Å². The molecule has 0 heterocycles. The van der Waals surface area contributed by atoms with Crippen molar-refractivity contribution in [3.05, 3.63) is 28.8 Å². The van der Waals surface area contributed by atoms with Gasteiger partial charge in [-0.2, -0.15) is 0 Å². The number of aliphatic hydroxyl groups is 1. The molecule has 0 spiro atoms. The minimum Gasteiger partial charge on any atom is -0.396 e. The summed E-state index contributed by atoms with van der Waals surface area (Å²) in [4.78, 5) is 2.31. The van der Waals surface area contributed by atoms with Gasteiger partial charge in [0.2, 0.25) is 0 Å². The lowest BCUT2D eigenvalue weighted by atomic mass is 10.1. The predicted octanol–water partition coefficient (Wildman–Crippen LogP) is 3.44. The van der Waals surface area contributed by atoms with Crippen LogP contribution >= 0.6 is 11.6 Å². The van der Waals surface area contributed by atoms with Gasteiger partial charge in [0.25, 0.3) is 0 Å². The van der Waals surface area contributed by atoms with Crippen LogP contribution in [0.2, 0.25) is 5.02 Å². The third kappa shape index (κ3) is 4.97. The summed E-state index contributed by atoms with van der Waals surface area (Å²) in [6, 6.07) is 6.44. The first-order valence-corrected chi connectivity index (χ1v) is 7.85. The fraction of sp³-hybridized carbons (Fsp3) is 0.625. The van der Waals surface area contributed by atoms with E-state index < -0.39 is 0 Å². The van der Waals surface area contributed by atoms with Crippen LogP contribution in [0.1, 0.15) is 39.2 Å². The molecule has 0 amide bonds. The van der Waals surface area contributed by atoms with Crippen LogP contribution in [0.3, 0.4) is 0 Å². The second kappa shape index (κ2) is 9.22. The molecule has 0 atom stereocenters. The largest absolute Gasteiger partial charge is 0.396 e. The molecule has 20 heavy (non-hydrogen) atoms. The van der Waals surface area contributed by atoms with Crippen molar-refractivity contribution in [1.29, 1.82) is 0 Å². The topological polar surface area (TPSA) is 35.5 Å². The zero-order chi connectivity index (χ0) is 15.0. The summed E-state index contributed by atoms with van der Waals surface area (Å²) in [5.41, 5.74) is 2.32. The van der Waals surface area contributed by atoms with Gasteiger partial charge in [0, 0.05) is 42.0 Å². The number of hydrogen-bond acceptors (Lipinski definition) is 3. The summed E-state index contributed by atoms with van der Waals surface area (Å²) >= 11 is 6.38. The maximum Gasteiger partial charge on any atom is 0.0471 e. The van der Waals surface area contributed by atoms with Crippen molar-refractivity contribution in [2.75, 3.05) is 24.6 Å². The second-order valence-corrected chi connectivity index (χ2v) is 5.69. The van der Waals surface area contributed by atoms with Crippen LogP contribution in [0.15, 0.2) is 18.2 Å². The minimum atomic E-state index is 0.215. The van der Waals surface area contributed by atoms with Crippen LogP contribution < -0.4 is 10.2 Å². The van der Waals surface area contributed by atoms with Gasteiger partial charge in [-0.1, -0.05) is 24.6 Å². The van der Waals surface area contributed by atoms with E-state index in [1.54, 1.807) is 0 Å². The van der Waals surface area contributed by atoms with Gasteiger partial charge in [-0.15, -0.1) is 0 Å². The van der Waals surface area contributed by atoms with E-state index in [-0.39, 0.29) is 6.61 Å². The summed E-state index contributed by atoms with van der Waals surface area (Å²) in [5, 5.41) is 13.3. The fourth-order valence-electron chi connectivity index (χ4n) is 2.28. The molecule has 0 saturated carbocycles. The maximum atomic E-state index is 9.08. The number of halogens is 1. The lowest BCUT2D eigenvalue weighted by molar-refractivity contribution is 0.288. The molecule has 0 radical (unpaired) electrons. The number of benzene rings is 1. The number of nitrogens with one attached hydrogen (secondary N) is 1. The number of aliphatic hydroxyl groups excluding tert-OH is 1. The molecule has 1 aromatic rings. The van der Waals surface area contributed by atoms with E-state index in [1.807, 2.05) is 12.1 Å². The maximum absolute atomic E-state index is 9.08. The number of hydrogen-bond donors (Lipinski definition) is 2. The Bertz CT molecular complexity index is 396. The molecule has 0 aromatic heterocycles. The highest BCUT2D eigenvalue weighted by atomic mass is 35.5. The molecule has 0 aliphatic heterocycles. The van der Waals surface area contributed by atoms with Crippen LogP contribution in [0.25, 0.3) is 0 Å². The van der Waals surface area contributed by atoms with Crippen LogP contribution in [0, 0.1) is 0 Å². The van der Waals surface area contributed by atoms with Crippen molar-refractivity contribution in [3.63, 3.8) is 0 Å². The molecule has 1 rings (SSSR count). The van der Waals surface area contributed by atoms with Crippen molar-refractivity contribution in [2.45, 2.75) is 46.2 Å². The Hall–Kier alpha value is -0.770. The summed E-state index contributed by atoms with van der Waals surface area (Å²) < 4.78 is 0. The molecule has 0 fully saturated rings. The average Bonchev–Trinajstić information content (AvgIpc) is 2.41. The molecule has 0 saturated heterocycles. The first-order chi connectivity index (χ1) is 9.61. The molecule has 0 aliphatic carbocycles. The van der Waals surface area contributed by atoms with Gasteiger partial charge in [-0.3, -0.25) is 0 Å². The zero-order valence-corrected chi connectivity index (χ0v) is 13.6. The molecule has 1 aromatic carbocycles. The van der Waals surface area contributed by atoms with E-state index in [9.17, 15) is 0 Å². The highest BCUT2D eigenvalue weighted by molar-refractivity contribution is 6.31. The number of nitrogens with zero attached hydrogens (tertiary/aromatic N) is 1. The summed E-state index contributed by atoms with van der Waals surface area (Å²) in [6.07, 6.45) is 1.88. The molecular weight excluding hydrogens is 272 g/mol. The Kier molecular flexibility index (Phi) is 7.97. The van der Waals surface area contributed by atoms with Crippen LogP contribution in [-0.4, -0.2) is 30.8 Å². The van der Waals surface area contributed by atoms with Gasteiger partial charge in [-0.25, -0.2) is 0 Å². The van der Waals surface area contributed by atoms with Gasteiger partial charge in [-0.05, 0) is 45.4 Å². The second-order valence-electron chi connectivity index (χ2n) is 5.28. The van der Waals surface area contributed by atoms with Gasteiger partial charge in [0.15, 0.2) is 0 Å². The van der Waals surface area contributed by atoms with Crippen molar-refractivity contribution >= 4 is 17.3 Å². The van der Waals surface area contributed by atoms with Crippen molar-refractivity contribution in [3.8, 4) is 0 Å². The third-order valence-electron chi connectivity index (χ3n) is 3.31. The third-order valence-corrected chi connectivity index (χ3v) is 3.67. The highest BCUT2D eigenvalue weighted by Gasteiger charge is 2.15. The molecule has 3 nitrogen and oxygen atoms in total. The first kappa shape index (κ1) is 17.3. The van der Waals surface area contributed by atoms with E-state index >= 15 is 0 Å². The van der Waals surface area contributed by atoms with E-state index in [4.69, 9.17) is 16.7 Å². The van der Waals surface area contributed by atoms with Crippen molar-refractivity contribution in [2.24, 2.45) is 0 Å². The molecular formula is C16H27ClN2O. The van der Waals surface area contributed by atoms with E-state index in [0.717, 1.165) is 43.1 Å². The smallest absolute Gasteiger partial charge is 0.0471 e. The van der Waals surface area contributed by atoms with Crippen LogP contribution in [-0.2, 0) is 6.54 Å². The Morgan fingerprint density at radius 2 is 2.10 bits per heavy atom. The average molecular weight is 299 g/mol. The summed E-state index contributed by atoms with van der Waals surface area (Å²) in [5.74, 6) is 0. The van der Waals surface area contributed by atoms with Crippen LogP contribution in [0.5, 0.6) is 0 Å². The van der Waals surface area contributed by atoms with E-state index in [2.05, 4.69) is 37.1 Å². The predicted molar refractivity (Wildman–Crippen MR) is 87.6 cm³/mol.